The van der Waals surface area contributed by atoms with Gasteiger partial charge in [0.15, 0.2) is 0 Å². The van der Waals surface area contributed by atoms with Gasteiger partial charge in [0, 0.05) is 25.7 Å². The van der Waals surface area contributed by atoms with Crippen LogP contribution in [-0.2, 0) is 9.59 Å². The Balaban J connectivity index is 1.82. The zero-order valence-electron chi connectivity index (χ0n) is 9.98. The standard InChI is InChI=1S/C11H18N4O2/c1-8(12)15-5-3-10(15)11(17)13-9-2-4-14(6-9)7-16/h7,9-10,12H,2-6H2,1H3,(H,13,17). The summed E-state index contributed by atoms with van der Waals surface area (Å²) in [6.07, 6.45) is 2.45. The first-order valence-corrected chi connectivity index (χ1v) is 5.93. The maximum atomic E-state index is 11.9. The summed E-state index contributed by atoms with van der Waals surface area (Å²) in [7, 11) is 0. The van der Waals surface area contributed by atoms with Crippen molar-refractivity contribution < 1.29 is 9.59 Å². The second-order valence-corrected chi connectivity index (χ2v) is 4.68. The van der Waals surface area contributed by atoms with Gasteiger partial charge in [0.05, 0.1) is 5.84 Å². The van der Waals surface area contributed by atoms with Crippen LogP contribution in [0.2, 0.25) is 0 Å². The fraction of sp³-hybridized carbons (Fsp3) is 0.727. The normalized spacial score (nSPS) is 27.6. The molecule has 2 aliphatic rings. The second-order valence-electron chi connectivity index (χ2n) is 4.68. The van der Waals surface area contributed by atoms with Crippen molar-refractivity contribution in [1.82, 2.24) is 15.1 Å². The van der Waals surface area contributed by atoms with Crippen LogP contribution < -0.4 is 5.32 Å². The Morgan fingerprint density at radius 1 is 1.41 bits per heavy atom. The molecule has 2 N–H and O–H groups in total. The molecule has 2 amide bonds. The van der Waals surface area contributed by atoms with E-state index in [4.69, 9.17) is 5.41 Å². The van der Waals surface area contributed by atoms with Crippen LogP contribution in [-0.4, -0.2) is 59.7 Å². The largest absolute Gasteiger partial charge is 0.350 e. The third-order valence-corrected chi connectivity index (χ3v) is 3.47. The average molecular weight is 238 g/mol. The summed E-state index contributed by atoms with van der Waals surface area (Å²) in [5.74, 6) is 0.429. The van der Waals surface area contributed by atoms with Crippen LogP contribution in [0.15, 0.2) is 0 Å². The molecule has 2 unspecified atom stereocenters. The topological polar surface area (TPSA) is 76.5 Å². The van der Waals surface area contributed by atoms with Crippen molar-refractivity contribution in [3.8, 4) is 0 Å². The van der Waals surface area contributed by atoms with Gasteiger partial charge in [0.1, 0.15) is 6.04 Å². The fourth-order valence-corrected chi connectivity index (χ4v) is 2.36. The summed E-state index contributed by atoms with van der Waals surface area (Å²) < 4.78 is 0. The number of hydrogen-bond acceptors (Lipinski definition) is 3. The summed E-state index contributed by atoms with van der Waals surface area (Å²) in [6, 6.07) is -0.112. The van der Waals surface area contributed by atoms with Crippen molar-refractivity contribution >= 4 is 18.2 Å². The minimum atomic E-state index is -0.183. The van der Waals surface area contributed by atoms with Crippen LogP contribution >= 0.6 is 0 Å². The van der Waals surface area contributed by atoms with Gasteiger partial charge in [-0.05, 0) is 19.8 Å². The minimum Gasteiger partial charge on any atom is -0.350 e. The van der Waals surface area contributed by atoms with E-state index in [0.29, 0.717) is 18.9 Å². The van der Waals surface area contributed by atoms with Gasteiger partial charge in [-0.3, -0.25) is 15.0 Å². The molecule has 0 bridgehead atoms. The van der Waals surface area contributed by atoms with Crippen LogP contribution in [0, 0.1) is 5.41 Å². The first-order chi connectivity index (χ1) is 8.11. The SMILES string of the molecule is CC(=N)N1CCC1C(=O)NC1CCN(C=O)C1. The molecule has 2 fully saturated rings. The van der Waals surface area contributed by atoms with Gasteiger partial charge >= 0.3 is 0 Å². The summed E-state index contributed by atoms with van der Waals surface area (Å²) in [5.41, 5.74) is 0. The number of hydrogen-bond donors (Lipinski definition) is 2. The molecule has 0 aliphatic carbocycles. The Bertz CT molecular complexity index is 344. The van der Waals surface area contributed by atoms with E-state index in [-0.39, 0.29) is 18.0 Å². The highest BCUT2D eigenvalue weighted by molar-refractivity contribution is 5.89. The molecule has 6 nitrogen and oxygen atoms in total. The summed E-state index contributed by atoms with van der Waals surface area (Å²) in [5, 5.41) is 10.5. The fourth-order valence-electron chi connectivity index (χ4n) is 2.36. The van der Waals surface area contributed by atoms with Crippen LogP contribution in [0.25, 0.3) is 0 Å². The summed E-state index contributed by atoms with van der Waals surface area (Å²) in [6.45, 7) is 3.81. The van der Waals surface area contributed by atoms with Crippen molar-refractivity contribution in [2.24, 2.45) is 0 Å². The Morgan fingerprint density at radius 3 is 2.65 bits per heavy atom. The molecule has 0 spiro atoms. The lowest BCUT2D eigenvalue weighted by Crippen LogP contribution is -2.59. The lowest BCUT2D eigenvalue weighted by molar-refractivity contribution is -0.129. The van der Waals surface area contributed by atoms with E-state index < -0.39 is 0 Å². The highest BCUT2D eigenvalue weighted by Crippen LogP contribution is 2.18. The van der Waals surface area contributed by atoms with Crippen molar-refractivity contribution in [2.75, 3.05) is 19.6 Å². The molecule has 17 heavy (non-hydrogen) atoms. The monoisotopic (exact) mass is 238 g/mol. The molecular formula is C11H18N4O2. The minimum absolute atomic E-state index is 0.0133. The molecule has 2 atom stereocenters. The van der Waals surface area contributed by atoms with E-state index in [1.165, 1.54) is 0 Å². The smallest absolute Gasteiger partial charge is 0.243 e. The molecule has 94 valence electrons. The molecule has 0 aromatic rings. The summed E-state index contributed by atoms with van der Waals surface area (Å²) in [4.78, 5) is 26.0. The maximum absolute atomic E-state index is 11.9. The predicted octanol–water partition coefficient (Wildman–Crippen LogP) is -0.595. The zero-order valence-corrected chi connectivity index (χ0v) is 9.98. The van der Waals surface area contributed by atoms with E-state index in [1.807, 2.05) is 0 Å². The number of likely N-dealkylation sites (tertiary alicyclic amines) is 2. The maximum Gasteiger partial charge on any atom is 0.243 e. The van der Waals surface area contributed by atoms with E-state index in [1.54, 1.807) is 16.7 Å². The van der Waals surface area contributed by atoms with Gasteiger partial charge < -0.3 is 15.1 Å². The predicted molar refractivity (Wildman–Crippen MR) is 62.7 cm³/mol. The molecule has 0 aromatic heterocycles. The second kappa shape index (κ2) is 4.73. The van der Waals surface area contributed by atoms with Crippen molar-refractivity contribution in [3.05, 3.63) is 0 Å². The highest BCUT2D eigenvalue weighted by atomic mass is 16.2. The Kier molecular flexibility index (Phi) is 3.31. The number of nitrogens with zero attached hydrogens (tertiary/aromatic N) is 2. The van der Waals surface area contributed by atoms with Crippen molar-refractivity contribution in [2.45, 2.75) is 31.8 Å². The van der Waals surface area contributed by atoms with Crippen LogP contribution in [0.1, 0.15) is 19.8 Å². The number of amidine groups is 1. The molecule has 0 saturated carbocycles. The lowest BCUT2D eigenvalue weighted by atomic mass is 10.0. The Hall–Kier alpha value is -1.59. The first kappa shape index (κ1) is 11.9. The lowest BCUT2D eigenvalue weighted by Gasteiger charge is -2.41. The number of amides is 2. The van der Waals surface area contributed by atoms with Gasteiger partial charge in [0.2, 0.25) is 12.3 Å². The number of nitrogens with one attached hydrogen (secondary N) is 2. The Morgan fingerprint density at radius 2 is 2.18 bits per heavy atom. The van der Waals surface area contributed by atoms with Gasteiger partial charge in [-0.2, -0.15) is 0 Å². The van der Waals surface area contributed by atoms with Crippen molar-refractivity contribution in [3.63, 3.8) is 0 Å². The third kappa shape index (κ3) is 2.40. The zero-order chi connectivity index (χ0) is 12.4. The van der Waals surface area contributed by atoms with Crippen LogP contribution in [0.3, 0.4) is 0 Å². The molecule has 6 heteroatoms. The van der Waals surface area contributed by atoms with Gasteiger partial charge in [0.25, 0.3) is 0 Å². The third-order valence-electron chi connectivity index (χ3n) is 3.47. The number of carbonyl (C=O) groups is 2. The molecule has 2 rings (SSSR count). The number of carbonyl (C=O) groups excluding carboxylic acids is 2. The number of rotatable bonds is 3. The van der Waals surface area contributed by atoms with Crippen LogP contribution in [0.4, 0.5) is 0 Å². The molecule has 0 radical (unpaired) electrons. The molecular weight excluding hydrogens is 220 g/mol. The van der Waals surface area contributed by atoms with Gasteiger partial charge in [-0.25, -0.2) is 0 Å². The van der Waals surface area contributed by atoms with E-state index in [2.05, 4.69) is 5.32 Å². The quantitative estimate of drug-likeness (QED) is 0.392. The summed E-state index contributed by atoms with van der Waals surface area (Å²) >= 11 is 0. The van der Waals surface area contributed by atoms with Crippen LogP contribution in [0.5, 0.6) is 0 Å². The van der Waals surface area contributed by atoms with E-state index in [9.17, 15) is 9.59 Å². The van der Waals surface area contributed by atoms with E-state index in [0.717, 1.165) is 25.8 Å². The molecule has 0 aromatic carbocycles. The average Bonchev–Trinajstić information content (AvgIpc) is 2.62. The van der Waals surface area contributed by atoms with Crippen molar-refractivity contribution in [1.29, 1.82) is 5.41 Å². The van der Waals surface area contributed by atoms with Gasteiger partial charge in [-0.15, -0.1) is 0 Å². The first-order valence-electron chi connectivity index (χ1n) is 5.93. The molecule has 2 aliphatic heterocycles. The van der Waals surface area contributed by atoms with Gasteiger partial charge in [-0.1, -0.05) is 0 Å². The highest BCUT2D eigenvalue weighted by Gasteiger charge is 2.36. The molecule has 2 heterocycles. The van der Waals surface area contributed by atoms with E-state index >= 15 is 0 Å². The molecule has 2 saturated heterocycles. The Labute approximate surface area is 100 Å².